The van der Waals surface area contributed by atoms with E-state index in [2.05, 4.69) is 29.2 Å². The first kappa shape index (κ1) is 21.7. The Kier molecular flexibility index (Phi) is 7.10. The van der Waals surface area contributed by atoms with Crippen LogP contribution in [0.2, 0.25) is 0 Å². The summed E-state index contributed by atoms with van der Waals surface area (Å²) in [6.07, 6.45) is 4.08. The molecule has 0 spiro atoms. The van der Waals surface area contributed by atoms with E-state index in [-0.39, 0.29) is 12.0 Å². The third-order valence-corrected chi connectivity index (χ3v) is 6.09. The van der Waals surface area contributed by atoms with Crippen molar-refractivity contribution in [1.29, 1.82) is 0 Å². The molecule has 2 aliphatic heterocycles. The molecule has 31 heavy (non-hydrogen) atoms. The lowest BCUT2D eigenvalue weighted by atomic mass is 10.1. The zero-order valence-corrected chi connectivity index (χ0v) is 18.5. The molecule has 0 saturated carbocycles. The van der Waals surface area contributed by atoms with Gasteiger partial charge in [0.1, 0.15) is 11.5 Å². The van der Waals surface area contributed by atoms with E-state index >= 15 is 0 Å². The van der Waals surface area contributed by atoms with Gasteiger partial charge in [-0.15, -0.1) is 0 Å². The fourth-order valence-electron chi connectivity index (χ4n) is 4.47. The molecular weight excluding hydrogens is 392 g/mol. The molecular formula is C25H32N2O4. The first-order chi connectivity index (χ1) is 15.2. The van der Waals surface area contributed by atoms with E-state index in [4.69, 9.17) is 14.2 Å². The van der Waals surface area contributed by atoms with Crippen molar-refractivity contribution in [2.45, 2.75) is 44.9 Å². The Morgan fingerprint density at radius 1 is 1.06 bits per heavy atom. The summed E-state index contributed by atoms with van der Waals surface area (Å²) in [6.45, 7) is 4.08. The second kappa shape index (κ2) is 10.2. The number of hydrogen-bond acceptors (Lipinski definition) is 5. The maximum absolute atomic E-state index is 12.0. The van der Waals surface area contributed by atoms with Crippen LogP contribution in [0.4, 0.5) is 5.69 Å². The number of rotatable bonds is 9. The van der Waals surface area contributed by atoms with Crippen LogP contribution in [0.3, 0.4) is 0 Å². The van der Waals surface area contributed by atoms with E-state index in [1.807, 2.05) is 23.1 Å². The number of methoxy groups -OCH3 is 2. The molecule has 2 aromatic rings. The van der Waals surface area contributed by atoms with Gasteiger partial charge in [-0.2, -0.15) is 0 Å². The second-order valence-corrected chi connectivity index (χ2v) is 8.30. The smallest absolute Gasteiger partial charge is 0.227 e. The molecule has 6 heteroatoms. The highest BCUT2D eigenvalue weighted by Gasteiger charge is 2.23. The van der Waals surface area contributed by atoms with Crippen molar-refractivity contribution >= 4 is 11.6 Å². The van der Waals surface area contributed by atoms with E-state index in [0.29, 0.717) is 6.42 Å². The lowest BCUT2D eigenvalue weighted by Crippen LogP contribution is -2.31. The molecule has 4 rings (SSSR count). The average Bonchev–Trinajstić information content (AvgIpc) is 3.46. The summed E-state index contributed by atoms with van der Waals surface area (Å²) in [6, 6.07) is 14.3. The van der Waals surface area contributed by atoms with Gasteiger partial charge >= 0.3 is 0 Å². The third kappa shape index (κ3) is 5.38. The number of anilines is 1. The lowest BCUT2D eigenvalue weighted by Gasteiger charge is -2.26. The predicted molar refractivity (Wildman–Crippen MR) is 121 cm³/mol. The van der Waals surface area contributed by atoms with Gasteiger partial charge in [0.05, 0.1) is 20.3 Å². The Labute approximate surface area is 184 Å². The summed E-state index contributed by atoms with van der Waals surface area (Å²) >= 11 is 0. The monoisotopic (exact) mass is 424 g/mol. The zero-order chi connectivity index (χ0) is 21.6. The maximum Gasteiger partial charge on any atom is 0.227 e. The normalized spacial score (nSPS) is 18.7. The number of carbonyl (C=O) groups is 1. The van der Waals surface area contributed by atoms with Gasteiger partial charge in [0.15, 0.2) is 0 Å². The summed E-state index contributed by atoms with van der Waals surface area (Å²) in [5.41, 5.74) is 3.31. The van der Waals surface area contributed by atoms with E-state index < -0.39 is 0 Å². The molecule has 2 fully saturated rings. The maximum atomic E-state index is 12.0. The standard InChI is InChI=1S/C25H32N2O4/c1-29-22-11-12-24(30-2)20(15-22)17-26(18-23-5-4-14-31-23)16-19-7-9-21(10-8-19)27-13-3-6-25(27)28/h7-12,15,23H,3-6,13-14,16-18H2,1-2H3/t23-/m1/s1. The lowest BCUT2D eigenvalue weighted by molar-refractivity contribution is -0.117. The Balaban J connectivity index is 1.50. The molecule has 0 aliphatic carbocycles. The number of ether oxygens (including phenoxy) is 3. The molecule has 0 bridgehead atoms. The van der Waals surface area contributed by atoms with Gasteiger partial charge in [-0.1, -0.05) is 12.1 Å². The second-order valence-electron chi connectivity index (χ2n) is 8.30. The van der Waals surface area contributed by atoms with Gasteiger partial charge < -0.3 is 19.1 Å². The quantitative estimate of drug-likeness (QED) is 0.609. The molecule has 0 aromatic heterocycles. The highest BCUT2D eigenvalue weighted by Crippen LogP contribution is 2.27. The molecule has 6 nitrogen and oxygen atoms in total. The minimum Gasteiger partial charge on any atom is -0.497 e. The highest BCUT2D eigenvalue weighted by molar-refractivity contribution is 5.95. The Hall–Kier alpha value is -2.57. The predicted octanol–water partition coefficient (Wildman–Crippen LogP) is 4.01. The molecule has 0 unspecified atom stereocenters. The van der Waals surface area contributed by atoms with Crippen LogP contribution < -0.4 is 14.4 Å². The molecule has 2 saturated heterocycles. The van der Waals surface area contributed by atoms with Crippen molar-refractivity contribution < 1.29 is 19.0 Å². The van der Waals surface area contributed by atoms with Gasteiger partial charge in [-0.25, -0.2) is 0 Å². The molecule has 1 amide bonds. The average molecular weight is 425 g/mol. The Bertz CT molecular complexity index is 878. The summed E-state index contributed by atoms with van der Waals surface area (Å²) < 4.78 is 16.9. The molecule has 2 heterocycles. The fourth-order valence-corrected chi connectivity index (χ4v) is 4.47. The third-order valence-electron chi connectivity index (χ3n) is 6.09. The minimum absolute atomic E-state index is 0.220. The fraction of sp³-hybridized carbons (Fsp3) is 0.480. The van der Waals surface area contributed by atoms with Crippen molar-refractivity contribution in [2.75, 3.05) is 38.8 Å². The summed E-state index contributed by atoms with van der Waals surface area (Å²) in [4.78, 5) is 16.3. The van der Waals surface area contributed by atoms with Crippen LogP contribution in [0.5, 0.6) is 11.5 Å². The van der Waals surface area contributed by atoms with E-state index in [1.165, 1.54) is 5.56 Å². The van der Waals surface area contributed by atoms with Gasteiger partial charge in [-0.3, -0.25) is 9.69 Å². The molecule has 166 valence electrons. The van der Waals surface area contributed by atoms with Gasteiger partial charge in [0.25, 0.3) is 0 Å². The van der Waals surface area contributed by atoms with E-state index in [9.17, 15) is 4.79 Å². The molecule has 2 aromatic carbocycles. The highest BCUT2D eigenvalue weighted by atomic mass is 16.5. The number of hydrogen-bond donors (Lipinski definition) is 0. The summed E-state index contributed by atoms with van der Waals surface area (Å²) in [5, 5.41) is 0. The van der Waals surface area contributed by atoms with Gasteiger partial charge in [0.2, 0.25) is 5.91 Å². The minimum atomic E-state index is 0.220. The number of amides is 1. The van der Waals surface area contributed by atoms with Crippen LogP contribution in [-0.4, -0.2) is 50.8 Å². The first-order valence-corrected chi connectivity index (χ1v) is 11.1. The van der Waals surface area contributed by atoms with Crippen molar-refractivity contribution in [3.05, 3.63) is 53.6 Å². The van der Waals surface area contributed by atoms with Crippen LogP contribution in [0.25, 0.3) is 0 Å². The number of carbonyl (C=O) groups excluding carboxylic acids is 1. The topological polar surface area (TPSA) is 51.2 Å². The first-order valence-electron chi connectivity index (χ1n) is 11.1. The van der Waals surface area contributed by atoms with Crippen LogP contribution in [0, 0.1) is 0 Å². The Morgan fingerprint density at radius 3 is 2.55 bits per heavy atom. The van der Waals surface area contributed by atoms with Gasteiger partial charge in [-0.05, 0) is 55.2 Å². The zero-order valence-electron chi connectivity index (χ0n) is 18.5. The van der Waals surface area contributed by atoms with Crippen molar-refractivity contribution in [3.8, 4) is 11.5 Å². The van der Waals surface area contributed by atoms with Crippen molar-refractivity contribution in [2.24, 2.45) is 0 Å². The molecule has 2 aliphatic rings. The summed E-state index contributed by atoms with van der Waals surface area (Å²) in [7, 11) is 3.39. The van der Waals surface area contributed by atoms with Crippen LogP contribution in [-0.2, 0) is 22.6 Å². The van der Waals surface area contributed by atoms with E-state index in [0.717, 1.165) is 74.8 Å². The van der Waals surface area contributed by atoms with Gasteiger partial charge in [0, 0.05) is 50.5 Å². The molecule has 1 atom stereocenters. The largest absolute Gasteiger partial charge is 0.497 e. The Morgan fingerprint density at radius 2 is 1.90 bits per heavy atom. The van der Waals surface area contributed by atoms with Crippen LogP contribution in [0.1, 0.15) is 36.8 Å². The number of benzene rings is 2. The van der Waals surface area contributed by atoms with Crippen LogP contribution in [0.15, 0.2) is 42.5 Å². The van der Waals surface area contributed by atoms with Crippen LogP contribution >= 0.6 is 0 Å². The van der Waals surface area contributed by atoms with Crippen molar-refractivity contribution in [3.63, 3.8) is 0 Å². The van der Waals surface area contributed by atoms with Crippen molar-refractivity contribution in [1.82, 2.24) is 4.90 Å². The van der Waals surface area contributed by atoms with E-state index in [1.54, 1.807) is 14.2 Å². The number of nitrogens with zero attached hydrogens (tertiary/aromatic N) is 2. The SMILES string of the molecule is COc1ccc(OC)c(CN(Cc2ccc(N3CCCC3=O)cc2)C[C@H]2CCCO2)c1. The molecule has 0 N–H and O–H groups in total. The molecule has 0 radical (unpaired) electrons. The summed E-state index contributed by atoms with van der Waals surface area (Å²) in [5.74, 6) is 1.91.